The monoisotopic (exact) mass is 296 g/mol. The third-order valence-electron chi connectivity index (χ3n) is 2.56. The lowest BCUT2D eigenvalue weighted by Crippen LogP contribution is -2.00. The molecule has 2 rings (SSSR count). The second kappa shape index (κ2) is 5.76. The normalized spacial score (nSPS) is 10.8. The number of aromatic nitrogens is 2. The van der Waals surface area contributed by atoms with Crippen molar-refractivity contribution >= 4 is 23.2 Å². The maximum Gasteiger partial charge on any atom is 0.224 e. The minimum atomic E-state index is 0.187. The number of hydrogen-bond donors (Lipinski definition) is 0. The fourth-order valence-electron chi connectivity index (χ4n) is 1.56. The summed E-state index contributed by atoms with van der Waals surface area (Å²) in [5.74, 6) is 1.99. The van der Waals surface area contributed by atoms with Crippen LogP contribution in [0, 0.1) is 6.92 Å². The van der Waals surface area contributed by atoms with Crippen molar-refractivity contribution in [3.8, 4) is 11.6 Å². The van der Waals surface area contributed by atoms with Crippen molar-refractivity contribution in [3.05, 3.63) is 45.8 Å². The van der Waals surface area contributed by atoms with Gasteiger partial charge in [0.15, 0.2) is 0 Å². The first kappa shape index (κ1) is 14.1. The quantitative estimate of drug-likeness (QED) is 0.747. The van der Waals surface area contributed by atoms with Gasteiger partial charge in [-0.05, 0) is 30.7 Å². The van der Waals surface area contributed by atoms with Gasteiger partial charge in [-0.3, -0.25) is 0 Å². The summed E-state index contributed by atoms with van der Waals surface area (Å²) in [7, 11) is 0. The highest BCUT2D eigenvalue weighted by molar-refractivity contribution is 6.30. The molecule has 0 fully saturated rings. The van der Waals surface area contributed by atoms with Gasteiger partial charge >= 0.3 is 0 Å². The predicted molar refractivity (Wildman–Crippen MR) is 77.4 cm³/mol. The van der Waals surface area contributed by atoms with Crippen LogP contribution in [0.25, 0.3) is 0 Å². The number of nitrogens with zero attached hydrogens (tertiary/aromatic N) is 2. The number of rotatable bonds is 3. The van der Waals surface area contributed by atoms with Crippen LogP contribution in [0.3, 0.4) is 0 Å². The molecule has 0 aliphatic heterocycles. The Morgan fingerprint density at radius 3 is 2.47 bits per heavy atom. The van der Waals surface area contributed by atoms with E-state index in [9.17, 15) is 0 Å². The van der Waals surface area contributed by atoms with E-state index in [1.807, 2.05) is 32.9 Å². The van der Waals surface area contributed by atoms with Gasteiger partial charge in [0.1, 0.15) is 16.7 Å². The molecule has 1 heterocycles. The van der Waals surface area contributed by atoms with Gasteiger partial charge in [-0.25, -0.2) is 4.98 Å². The van der Waals surface area contributed by atoms with Gasteiger partial charge in [0.2, 0.25) is 5.88 Å². The maximum atomic E-state index is 5.97. The number of halogens is 2. The molecule has 5 heteroatoms. The standard InChI is InChI=1S/C14H14Cl2N2O/c1-8(2)14-17-12(16)7-13(18-14)19-11-5-4-10(15)6-9(11)3/h4-8H,1-3H3. The minimum absolute atomic E-state index is 0.187. The van der Waals surface area contributed by atoms with Gasteiger partial charge in [0, 0.05) is 17.0 Å². The van der Waals surface area contributed by atoms with Crippen LogP contribution in [0.1, 0.15) is 31.2 Å². The van der Waals surface area contributed by atoms with Crippen molar-refractivity contribution in [2.24, 2.45) is 0 Å². The molecule has 100 valence electrons. The van der Waals surface area contributed by atoms with E-state index in [-0.39, 0.29) is 5.92 Å². The molecule has 0 saturated carbocycles. The number of ether oxygens (including phenoxy) is 1. The summed E-state index contributed by atoms with van der Waals surface area (Å²) in [6.07, 6.45) is 0. The molecule has 2 aromatic rings. The molecule has 0 atom stereocenters. The van der Waals surface area contributed by atoms with E-state index >= 15 is 0 Å². The molecule has 1 aromatic carbocycles. The van der Waals surface area contributed by atoms with Gasteiger partial charge in [0.05, 0.1) is 0 Å². The lowest BCUT2D eigenvalue weighted by Gasteiger charge is -2.10. The fourth-order valence-corrected chi connectivity index (χ4v) is 1.97. The Morgan fingerprint density at radius 1 is 1.11 bits per heavy atom. The molecule has 0 radical (unpaired) electrons. The Hall–Kier alpha value is -1.32. The highest BCUT2D eigenvalue weighted by Gasteiger charge is 2.09. The van der Waals surface area contributed by atoms with Crippen LogP contribution >= 0.6 is 23.2 Å². The molecule has 0 aliphatic carbocycles. The summed E-state index contributed by atoms with van der Waals surface area (Å²) >= 11 is 11.9. The van der Waals surface area contributed by atoms with Crippen LogP contribution in [-0.4, -0.2) is 9.97 Å². The molecule has 19 heavy (non-hydrogen) atoms. The van der Waals surface area contributed by atoms with E-state index in [0.29, 0.717) is 27.6 Å². The van der Waals surface area contributed by atoms with Crippen molar-refractivity contribution < 1.29 is 4.74 Å². The molecule has 3 nitrogen and oxygen atoms in total. The summed E-state index contributed by atoms with van der Waals surface area (Å²) in [6.45, 7) is 5.93. The zero-order valence-corrected chi connectivity index (χ0v) is 12.5. The summed E-state index contributed by atoms with van der Waals surface area (Å²) in [5.41, 5.74) is 0.938. The fraction of sp³-hybridized carbons (Fsp3) is 0.286. The van der Waals surface area contributed by atoms with Crippen molar-refractivity contribution in [2.45, 2.75) is 26.7 Å². The first-order valence-electron chi connectivity index (χ1n) is 5.94. The van der Waals surface area contributed by atoms with E-state index in [4.69, 9.17) is 27.9 Å². The van der Waals surface area contributed by atoms with Crippen LogP contribution in [0.5, 0.6) is 11.6 Å². The third kappa shape index (κ3) is 3.58. The van der Waals surface area contributed by atoms with Crippen LogP contribution in [-0.2, 0) is 0 Å². The van der Waals surface area contributed by atoms with Gasteiger partial charge in [-0.1, -0.05) is 37.0 Å². The molecule has 0 unspecified atom stereocenters. The second-order valence-corrected chi connectivity index (χ2v) is 5.38. The Balaban J connectivity index is 2.32. The van der Waals surface area contributed by atoms with E-state index in [2.05, 4.69) is 9.97 Å². The van der Waals surface area contributed by atoms with Crippen molar-refractivity contribution in [1.82, 2.24) is 9.97 Å². The van der Waals surface area contributed by atoms with Crippen LogP contribution in [0.15, 0.2) is 24.3 Å². The summed E-state index contributed by atoms with van der Waals surface area (Å²) in [4.78, 5) is 8.51. The molecular weight excluding hydrogens is 283 g/mol. The van der Waals surface area contributed by atoms with Gasteiger partial charge < -0.3 is 4.74 Å². The first-order chi connectivity index (χ1) is 8.95. The predicted octanol–water partition coefficient (Wildman–Crippen LogP) is 5.01. The average molecular weight is 297 g/mol. The highest BCUT2D eigenvalue weighted by Crippen LogP contribution is 2.28. The smallest absolute Gasteiger partial charge is 0.224 e. The molecule has 0 N–H and O–H groups in total. The van der Waals surface area contributed by atoms with Crippen LogP contribution < -0.4 is 4.74 Å². The Morgan fingerprint density at radius 2 is 1.84 bits per heavy atom. The van der Waals surface area contributed by atoms with Crippen molar-refractivity contribution in [1.29, 1.82) is 0 Å². The number of hydrogen-bond acceptors (Lipinski definition) is 3. The average Bonchev–Trinajstić information content (AvgIpc) is 2.32. The minimum Gasteiger partial charge on any atom is -0.439 e. The van der Waals surface area contributed by atoms with E-state index in [1.165, 1.54) is 0 Å². The lowest BCUT2D eigenvalue weighted by molar-refractivity contribution is 0.453. The van der Waals surface area contributed by atoms with Crippen LogP contribution in [0.2, 0.25) is 10.2 Å². The lowest BCUT2D eigenvalue weighted by atomic mass is 10.2. The molecule has 0 saturated heterocycles. The summed E-state index contributed by atoms with van der Waals surface area (Å²) < 4.78 is 5.74. The SMILES string of the molecule is Cc1cc(Cl)ccc1Oc1cc(Cl)nc(C(C)C)n1. The van der Waals surface area contributed by atoms with Crippen LogP contribution in [0.4, 0.5) is 0 Å². The number of aryl methyl sites for hydroxylation is 1. The second-order valence-electron chi connectivity index (χ2n) is 4.55. The summed E-state index contributed by atoms with van der Waals surface area (Å²) in [6, 6.07) is 7.02. The van der Waals surface area contributed by atoms with Gasteiger partial charge in [-0.15, -0.1) is 0 Å². The Bertz CT molecular complexity index is 600. The largest absolute Gasteiger partial charge is 0.439 e. The molecule has 0 bridgehead atoms. The van der Waals surface area contributed by atoms with Crippen molar-refractivity contribution in [2.75, 3.05) is 0 Å². The zero-order valence-electron chi connectivity index (χ0n) is 10.9. The number of benzene rings is 1. The van der Waals surface area contributed by atoms with Gasteiger partial charge in [-0.2, -0.15) is 4.98 Å². The molecule has 0 amide bonds. The molecule has 1 aromatic heterocycles. The summed E-state index contributed by atoms with van der Waals surface area (Å²) in [5, 5.41) is 1.05. The molecule has 0 spiro atoms. The zero-order chi connectivity index (χ0) is 14.0. The third-order valence-corrected chi connectivity index (χ3v) is 2.99. The Kier molecular flexibility index (Phi) is 4.27. The van der Waals surface area contributed by atoms with E-state index in [0.717, 1.165) is 5.56 Å². The molecule has 0 aliphatic rings. The topological polar surface area (TPSA) is 35.0 Å². The van der Waals surface area contributed by atoms with Crippen molar-refractivity contribution in [3.63, 3.8) is 0 Å². The first-order valence-corrected chi connectivity index (χ1v) is 6.70. The van der Waals surface area contributed by atoms with Gasteiger partial charge in [0.25, 0.3) is 0 Å². The van der Waals surface area contributed by atoms with E-state index < -0.39 is 0 Å². The molecular formula is C14H14Cl2N2O. The van der Waals surface area contributed by atoms with E-state index in [1.54, 1.807) is 12.1 Å². The Labute approximate surface area is 122 Å². The highest BCUT2D eigenvalue weighted by atomic mass is 35.5. The maximum absolute atomic E-state index is 5.97.